The summed E-state index contributed by atoms with van der Waals surface area (Å²) in [6, 6.07) is 0.364. The van der Waals surface area contributed by atoms with Gasteiger partial charge in [-0.3, -0.25) is 9.48 Å². The molecule has 1 aromatic rings. The highest BCUT2D eigenvalue weighted by Crippen LogP contribution is 2.22. The molecule has 2 rings (SSSR count). The molecular weight excluding hydrogens is 258 g/mol. The number of carbonyl (C=O) groups is 2. The summed E-state index contributed by atoms with van der Waals surface area (Å²) in [5.74, 6) is -0.897. The zero-order chi connectivity index (χ0) is 14.5. The van der Waals surface area contributed by atoms with Crippen molar-refractivity contribution in [3.63, 3.8) is 0 Å². The Kier molecular flexibility index (Phi) is 4.76. The van der Waals surface area contributed by atoms with Gasteiger partial charge in [0.1, 0.15) is 0 Å². The van der Waals surface area contributed by atoms with Crippen LogP contribution in [0.1, 0.15) is 48.9 Å². The molecule has 1 aromatic heterocycles. The van der Waals surface area contributed by atoms with Gasteiger partial charge in [0.15, 0.2) is 0 Å². The van der Waals surface area contributed by atoms with Crippen LogP contribution in [0.5, 0.6) is 0 Å². The van der Waals surface area contributed by atoms with Crippen LogP contribution >= 0.6 is 0 Å². The van der Waals surface area contributed by atoms with Gasteiger partial charge >= 0.3 is 5.97 Å². The molecule has 0 radical (unpaired) electrons. The van der Waals surface area contributed by atoms with Crippen molar-refractivity contribution < 1.29 is 14.7 Å². The maximum Gasteiger partial charge on any atom is 0.338 e. The minimum absolute atomic E-state index is 0.101. The average molecular weight is 279 g/mol. The van der Waals surface area contributed by atoms with Gasteiger partial charge in [-0.25, -0.2) is 4.79 Å². The van der Waals surface area contributed by atoms with E-state index in [4.69, 9.17) is 5.11 Å². The van der Waals surface area contributed by atoms with Crippen LogP contribution in [0.4, 0.5) is 0 Å². The maximum absolute atomic E-state index is 12.1. The van der Waals surface area contributed by atoms with Gasteiger partial charge in [-0.2, -0.15) is 5.10 Å². The Labute approximate surface area is 118 Å². The predicted octanol–water partition coefficient (Wildman–Crippen LogP) is 1.76. The lowest BCUT2D eigenvalue weighted by Crippen LogP contribution is -2.38. The average Bonchev–Trinajstić information content (AvgIpc) is 2.94. The van der Waals surface area contributed by atoms with Crippen LogP contribution in [-0.4, -0.2) is 44.8 Å². The highest BCUT2D eigenvalue weighted by Gasteiger charge is 2.21. The molecule has 1 heterocycles. The van der Waals surface area contributed by atoms with Gasteiger partial charge in [0.2, 0.25) is 5.91 Å². The van der Waals surface area contributed by atoms with Crippen molar-refractivity contribution in [1.29, 1.82) is 0 Å². The Morgan fingerprint density at radius 1 is 1.40 bits per heavy atom. The Bertz CT molecular complexity index is 478. The number of carboxylic acid groups (broad SMARTS) is 1. The number of amides is 1. The van der Waals surface area contributed by atoms with Crippen molar-refractivity contribution in [2.75, 3.05) is 7.05 Å². The Hall–Kier alpha value is -1.85. The third kappa shape index (κ3) is 3.59. The summed E-state index contributed by atoms with van der Waals surface area (Å²) in [7, 11) is 1.87. The maximum atomic E-state index is 12.1. The third-order valence-corrected chi connectivity index (χ3v) is 3.95. The van der Waals surface area contributed by atoms with Gasteiger partial charge in [-0.15, -0.1) is 0 Å². The minimum atomic E-state index is -0.998. The smallest absolute Gasteiger partial charge is 0.338 e. The van der Waals surface area contributed by atoms with E-state index in [-0.39, 0.29) is 11.5 Å². The molecule has 1 aliphatic rings. The van der Waals surface area contributed by atoms with Crippen LogP contribution in [0.15, 0.2) is 12.4 Å². The Morgan fingerprint density at radius 3 is 2.70 bits per heavy atom. The number of aryl methyl sites for hydroxylation is 1. The van der Waals surface area contributed by atoms with Gasteiger partial charge in [0.25, 0.3) is 0 Å². The van der Waals surface area contributed by atoms with E-state index in [1.807, 2.05) is 11.9 Å². The second-order valence-corrected chi connectivity index (χ2v) is 5.34. The quantitative estimate of drug-likeness (QED) is 0.891. The summed E-state index contributed by atoms with van der Waals surface area (Å²) in [6.45, 7) is 0.420. The molecule has 0 atom stereocenters. The minimum Gasteiger partial charge on any atom is -0.478 e. The molecule has 0 aromatic carbocycles. The van der Waals surface area contributed by atoms with Gasteiger partial charge in [0.05, 0.1) is 11.8 Å². The standard InChI is InChI=1S/C14H21N3O3/c1-16(12-5-3-2-4-6-12)13(18)7-8-17-10-11(9-15-17)14(19)20/h9-10,12H,2-8H2,1H3,(H,19,20). The fourth-order valence-corrected chi connectivity index (χ4v) is 2.65. The van der Waals surface area contributed by atoms with Crippen LogP contribution < -0.4 is 0 Å². The molecule has 1 N–H and O–H groups in total. The SMILES string of the molecule is CN(C(=O)CCn1cc(C(=O)O)cn1)C1CCCCC1. The van der Waals surface area contributed by atoms with Crippen molar-refractivity contribution >= 4 is 11.9 Å². The summed E-state index contributed by atoms with van der Waals surface area (Å²) in [4.78, 5) is 24.7. The Morgan fingerprint density at radius 2 is 2.10 bits per heavy atom. The van der Waals surface area contributed by atoms with Gasteiger partial charge in [-0.05, 0) is 12.8 Å². The van der Waals surface area contributed by atoms with Crippen LogP contribution in [0.25, 0.3) is 0 Å². The van der Waals surface area contributed by atoms with E-state index in [1.54, 1.807) is 0 Å². The molecule has 1 saturated carbocycles. The van der Waals surface area contributed by atoms with Gasteiger partial charge in [0, 0.05) is 32.3 Å². The fraction of sp³-hybridized carbons (Fsp3) is 0.643. The van der Waals surface area contributed by atoms with E-state index >= 15 is 0 Å². The zero-order valence-electron chi connectivity index (χ0n) is 11.8. The highest BCUT2D eigenvalue weighted by molar-refractivity contribution is 5.86. The molecule has 6 nitrogen and oxygen atoms in total. The number of aromatic nitrogens is 2. The molecular formula is C14H21N3O3. The number of carbonyl (C=O) groups excluding carboxylic acids is 1. The van der Waals surface area contributed by atoms with E-state index in [2.05, 4.69) is 5.10 Å². The van der Waals surface area contributed by atoms with Crippen molar-refractivity contribution in [1.82, 2.24) is 14.7 Å². The summed E-state index contributed by atoms with van der Waals surface area (Å²) >= 11 is 0. The molecule has 0 spiro atoms. The first-order valence-electron chi connectivity index (χ1n) is 7.09. The second kappa shape index (κ2) is 6.54. The van der Waals surface area contributed by atoms with Crippen LogP contribution in [0, 0.1) is 0 Å². The summed E-state index contributed by atoms with van der Waals surface area (Å²) in [5.41, 5.74) is 0.151. The molecule has 0 saturated heterocycles. The first kappa shape index (κ1) is 14.6. The molecule has 0 aliphatic heterocycles. The van der Waals surface area contributed by atoms with Crippen molar-refractivity contribution in [2.24, 2.45) is 0 Å². The van der Waals surface area contributed by atoms with E-state index in [0.29, 0.717) is 19.0 Å². The molecule has 20 heavy (non-hydrogen) atoms. The molecule has 110 valence electrons. The number of aromatic carboxylic acids is 1. The van der Waals surface area contributed by atoms with E-state index in [1.165, 1.54) is 36.3 Å². The molecule has 1 fully saturated rings. The summed E-state index contributed by atoms with van der Waals surface area (Å²) in [5, 5.41) is 12.8. The van der Waals surface area contributed by atoms with Crippen LogP contribution in [0.2, 0.25) is 0 Å². The normalized spacial score (nSPS) is 16.1. The van der Waals surface area contributed by atoms with Gasteiger partial charge < -0.3 is 10.0 Å². The first-order chi connectivity index (χ1) is 9.58. The van der Waals surface area contributed by atoms with Crippen LogP contribution in [0.3, 0.4) is 0 Å². The first-order valence-corrected chi connectivity index (χ1v) is 7.09. The Balaban J connectivity index is 1.82. The number of hydrogen-bond donors (Lipinski definition) is 1. The zero-order valence-corrected chi connectivity index (χ0v) is 11.8. The molecule has 6 heteroatoms. The topological polar surface area (TPSA) is 75.4 Å². The van der Waals surface area contributed by atoms with E-state index in [9.17, 15) is 9.59 Å². The summed E-state index contributed by atoms with van der Waals surface area (Å²) in [6.07, 6.45) is 8.96. The summed E-state index contributed by atoms with van der Waals surface area (Å²) < 4.78 is 1.51. The van der Waals surface area contributed by atoms with Crippen molar-refractivity contribution in [2.45, 2.75) is 51.1 Å². The lowest BCUT2D eigenvalue weighted by atomic mass is 9.94. The van der Waals surface area contributed by atoms with Crippen LogP contribution in [-0.2, 0) is 11.3 Å². The number of carboxylic acids is 1. The van der Waals surface area contributed by atoms with Crippen molar-refractivity contribution in [3.8, 4) is 0 Å². The van der Waals surface area contributed by atoms with E-state index < -0.39 is 5.97 Å². The molecule has 1 amide bonds. The lowest BCUT2D eigenvalue weighted by Gasteiger charge is -2.31. The number of nitrogens with zero attached hydrogens (tertiary/aromatic N) is 3. The van der Waals surface area contributed by atoms with Crippen molar-refractivity contribution in [3.05, 3.63) is 18.0 Å². The number of hydrogen-bond acceptors (Lipinski definition) is 3. The molecule has 1 aliphatic carbocycles. The monoisotopic (exact) mass is 279 g/mol. The molecule has 0 bridgehead atoms. The van der Waals surface area contributed by atoms with Gasteiger partial charge in [-0.1, -0.05) is 19.3 Å². The molecule has 0 unspecified atom stereocenters. The third-order valence-electron chi connectivity index (χ3n) is 3.95. The highest BCUT2D eigenvalue weighted by atomic mass is 16.4. The number of rotatable bonds is 5. The predicted molar refractivity (Wildman–Crippen MR) is 73.4 cm³/mol. The lowest BCUT2D eigenvalue weighted by molar-refractivity contribution is -0.132. The van der Waals surface area contributed by atoms with E-state index in [0.717, 1.165) is 12.8 Å². The largest absolute Gasteiger partial charge is 0.478 e. The fourth-order valence-electron chi connectivity index (χ4n) is 2.65. The second-order valence-electron chi connectivity index (χ2n) is 5.34.